The monoisotopic (exact) mass is 330 g/mol. The van der Waals surface area contributed by atoms with E-state index < -0.39 is 5.41 Å². The van der Waals surface area contributed by atoms with E-state index in [0.717, 1.165) is 31.7 Å². The maximum Gasteiger partial charge on any atom is 0.233 e. The molecule has 2 atom stereocenters. The normalized spacial score (nSPS) is 29.2. The van der Waals surface area contributed by atoms with Crippen LogP contribution in [0.5, 0.6) is 11.5 Å². The minimum Gasteiger partial charge on any atom is -0.493 e. The number of carbonyl (C=O) groups excluding carboxylic acids is 2. The molecule has 1 spiro atoms. The summed E-state index contributed by atoms with van der Waals surface area (Å²) in [5, 5.41) is 2.50. The predicted molar refractivity (Wildman–Crippen MR) is 87.0 cm³/mol. The minimum atomic E-state index is -0.542. The van der Waals surface area contributed by atoms with Gasteiger partial charge in [-0.25, -0.2) is 0 Å². The Morgan fingerprint density at radius 1 is 1.17 bits per heavy atom. The zero-order valence-electron chi connectivity index (χ0n) is 14.1. The van der Waals surface area contributed by atoms with E-state index in [1.807, 2.05) is 12.1 Å². The number of benzene rings is 1. The smallest absolute Gasteiger partial charge is 0.233 e. The molecule has 3 heterocycles. The second kappa shape index (κ2) is 5.48. The van der Waals surface area contributed by atoms with Crippen LogP contribution in [0.15, 0.2) is 12.1 Å². The van der Waals surface area contributed by atoms with Gasteiger partial charge in [0.2, 0.25) is 11.8 Å². The van der Waals surface area contributed by atoms with Crippen LogP contribution in [0.4, 0.5) is 0 Å². The number of hydrogen-bond donors (Lipinski definition) is 1. The number of methoxy groups -OCH3 is 2. The highest BCUT2D eigenvalue weighted by Gasteiger charge is 2.52. The molecule has 24 heavy (non-hydrogen) atoms. The Morgan fingerprint density at radius 3 is 2.58 bits per heavy atom. The molecule has 6 nitrogen and oxygen atoms in total. The van der Waals surface area contributed by atoms with E-state index in [-0.39, 0.29) is 17.9 Å². The molecular weight excluding hydrogens is 308 g/mol. The molecule has 1 N–H and O–H groups in total. The van der Waals surface area contributed by atoms with Crippen molar-refractivity contribution in [1.29, 1.82) is 0 Å². The standard InChI is InChI=1S/C18H22N2O4/c1-23-14-7-11-3-5-20-6-4-18(10-16(21)19-17(18)22)9-13(20)12(11)8-15(14)24-2/h7-8,13H,3-6,9-10H2,1-2H3,(H,19,21,22). The maximum atomic E-state index is 12.4. The molecule has 128 valence electrons. The number of nitrogens with zero attached hydrogens (tertiary/aromatic N) is 1. The van der Waals surface area contributed by atoms with Crippen LogP contribution in [-0.2, 0) is 16.0 Å². The van der Waals surface area contributed by atoms with Crippen LogP contribution in [-0.4, -0.2) is 44.0 Å². The van der Waals surface area contributed by atoms with Crippen LogP contribution in [0.2, 0.25) is 0 Å². The Balaban J connectivity index is 1.73. The molecule has 1 aromatic carbocycles. The van der Waals surface area contributed by atoms with Gasteiger partial charge in [-0.15, -0.1) is 0 Å². The molecule has 0 aromatic heterocycles. The summed E-state index contributed by atoms with van der Waals surface area (Å²) in [4.78, 5) is 26.5. The van der Waals surface area contributed by atoms with Gasteiger partial charge in [-0.05, 0) is 49.1 Å². The van der Waals surface area contributed by atoms with Gasteiger partial charge >= 0.3 is 0 Å². The summed E-state index contributed by atoms with van der Waals surface area (Å²) < 4.78 is 10.9. The van der Waals surface area contributed by atoms with E-state index in [9.17, 15) is 9.59 Å². The first-order valence-electron chi connectivity index (χ1n) is 8.39. The fourth-order valence-electron chi connectivity index (χ4n) is 4.47. The largest absolute Gasteiger partial charge is 0.493 e. The Hall–Kier alpha value is -2.08. The highest BCUT2D eigenvalue weighted by Crippen LogP contribution is 2.49. The van der Waals surface area contributed by atoms with Crippen LogP contribution < -0.4 is 14.8 Å². The highest BCUT2D eigenvalue weighted by molar-refractivity contribution is 6.05. The van der Waals surface area contributed by atoms with Crippen molar-refractivity contribution in [3.63, 3.8) is 0 Å². The molecule has 0 radical (unpaired) electrons. The Labute approximate surface area is 141 Å². The minimum absolute atomic E-state index is 0.0975. The number of ether oxygens (including phenoxy) is 2. The molecule has 3 aliphatic rings. The molecule has 2 unspecified atom stereocenters. The van der Waals surface area contributed by atoms with Crippen LogP contribution in [0, 0.1) is 5.41 Å². The average Bonchev–Trinajstić information content (AvgIpc) is 2.86. The third-order valence-electron chi connectivity index (χ3n) is 5.81. The molecule has 2 saturated heterocycles. The van der Waals surface area contributed by atoms with Crippen molar-refractivity contribution in [3.05, 3.63) is 23.3 Å². The SMILES string of the molecule is COc1cc2c(cc1OC)C1CC3(CCN1CC2)CC(=O)NC3=O. The van der Waals surface area contributed by atoms with Gasteiger partial charge < -0.3 is 9.47 Å². The number of fused-ring (bicyclic) bond motifs is 3. The highest BCUT2D eigenvalue weighted by atomic mass is 16.5. The van der Waals surface area contributed by atoms with E-state index in [1.54, 1.807) is 14.2 Å². The summed E-state index contributed by atoms with van der Waals surface area (Å²) in [6.07, 6.45) is 2.72. The lowest BCUT2D eigenvalue weighted by atomic mass is 9.71. The third-order valence-corrected chi connectivity index (χ3v) is 5.81. The van der Waals surface area contributed by atoms with Gasteiger partial charge in [-0.2, -0.15) is 0 Å². The Bertz CT molecular complexity index is 717. The number of carbonyl (C=O) groups is 2. The zero-order chi connectivity index (χ0) is 16.9. The van der Waals surface area contributed by atoms with Crippen molar-refractivity contribution < 1.29 is 19.1 Å². The summed E-state index contributed by atoms with van der Waals surface area (Å²) in [5.41, 5.74) is 1.90. The number of rotatable bonds is 2. The fraction of sp³-hybridized carbons (Fsp3) is 0.556. The molecule has 3 aliphatic heterocycles. The maximum absolute atomic E-state index is 12.4. The summed E-state index contributed by atoms with van der Waals surface area (Å²) in [6.45, 7) is 1.82. The molecule has 4 rings (SSSR count). The summed E-state index contributed by atoms with van der Waals surface area (Å²) in [7, 11) is 3.28. The van der Waals surface area contributed by atoms with E-state index in [2.05, 4.69) is 10.2 Å². The molecular formula is C18H22N2O4. The van der Waals surface area contributed by atoms with Gasteiger partial charge in [0.05, 0.1) is 19.6 Å². The van der Waals surface area contributed by atoms with Crippen molar-refractivity contribution in [3.8, 4) is 11.5 Å². The first-order chi connectivity index (χ1) is 11.6. The Morgan fingerprint density at radius 2 is 1.92 bits per heavy atom. The van der Waals surface area contributed by atoms with E-state index in [4.69, 9.17) is 9.47 Å². The van der Waals surface area contributed by atoms with Gasteiger partial charge in [-0.3, -0.25) is 19.8 Å². The number of hydrogen-bond acceptors (Lipinski definition) is 5. The number of imide groups is 1. The van der Waals surface area contributed by atoms with Crippen molar-refractivity contribution in [2.75, 3.05) is 27.3 Å². The lowest BCUT2D eigenvalue weighted by Crippen LogP contribution is -2.48. The van der Waals surface area contributed by atoms with Gasteiger partial charge in [0.15, 0.2) is 11.5 Å². The van der Waals surface area contributed by atoms with E-state index in [1.165, 1.54) is 11.1 Å². The van der Waals surface area contributed by atoms with Crippen LogP contribution in [0.25, 0.3) is 0 Å². The second-order valence-corrected chi connectivity index (χ2v) is 7.00. The predicted octanol–water partition coefficient (Wildman–Crippen LogP) is 1.43. The zero-order valence-corrected chi connectivity index (χ0v) is 14.1. The molecule has 2 fully saturated rings. The molecule has 0 aliphatic carbocycles. The van der Waals surface area contributed by atoms with Crippen molar-refractivity contribution >= 4 is 11.8 Å². The van der Waals surface area contributed by atoms with Crippen molar-refractivity contribution in [2.24, 2.45) is 5.41 Å². The van der Waals surface area contributed by atoms with Crippen LogP contribution in [0.3, 0.4) is 0 Å². The quantitative estimate of drug-likeness (QED) is 0.831. The van der Waals surface area contributed by atoms with Crippen LogP contribution >= 0.6 is 0 Å². The summed E-state index contributed by atoms with van der Waals surface area (Å²) in [5.74, 6) is 1.21. The van der Waals surface area contributed by atoms with Crippen molar-refractivity contribution in [2.45, 2.75) is 31.7 Å². The molecule has 0 saturated carbocycles. The lowest BCUT2D eigenvalue weighted by molar-refractivity contribution is -0.131. The molecule has 2 amide bonds. The average molecular weight is 330 g/mol. The molecule has 6 heteroatoms. The lowest BCUT2D eigenvalue weighted by Gasteiger charge is -2.46. The second-order valence-electron chi connectivity index (χ2n) is 7.00. The first-order valence-corrected chi connectivity index (χ1v) is 8.39. The third kappa shape index (κ3) is 2.20. The summed E-state index contributed by atoms with van der Waals surface area (Å²) >= 11 is 0. The number of amides is 2. The summed E-state index contributed by atoms with van der Waals surface area (Å²) in [6, 6.07) is 4.24. The number of nitrogens with one attached hydrogen (secondary N) is 1. The molecule has 1 aromatic rings. The van der Waals surface area contributed by atoms with Gasteiger partial charge in [-0.1, -0.05) is 0 Å². The molecule has 0 bridgehead atoms. The van der Waals surface area contributed by atoms with E-state index >= 15 is 0 Å². The Kier molecular flexibility index (Phi) is 3.53. The van der Waals surface area contributed by atoms with Gasteiger partial charge in [0.1, 0.15) is 0 Å². The van der Waals surface area contributed by atoms with E-state index in [0.29, 0.717) is 18.6 Å². The van der Waals surface area contributed by atoms with Crippen molar-refractivity contribution in [1.82, 2.24) is 10.2 Å². The fourth-order valence-corrected chi connectivity index (χ4v) is 4.47. The topological polar surface area (TPSA) is 67.9 Å². The van der Waals surface area contributed by atoms with Gasteiger partial charge in [0, 0.05) is 19.0 Å². The number of piperidine rings is 1. The van der Waals surface area contributed by atoms with Gasteiger partial charge in [0.25, 0.3) is 0 Å². The first kappa shape index (κ1) is 15.4. The van der Waals surface area contributed by atoms with Crippen LogP contribution in [0.1, 0.15) is 36.4 Å².